The molecular weight excluding hydrogens is 340 g/mol. The van der Waals surface area contributed by atoms with Crippen LogP contribution in [-0.2, 0) is 6.18 Å². The van der Waals surface area contributed by atoms with Crippen LogP contribution in [-0.4, -0.2) is 4.98 Å². The van der Waals surface area contributed by atoms with Crippen molar-refractivity contribution in [3.63, 3.8) is 0 Å². The highest BCUT2D eigenvalue weighted by Crippen LogP contribution is 2.36. The number of hydrogen-bond acceptors (Lipinski definition) is 2. The van der Waals surface area contributed by atoms with Gasteiger partial charge in [0.15, 0.2) is 0 Å². The molecule has 0 aliphatic heterocycles. The molecule has 106 valence electrons. The summed E-state index contributed by atoms with van der Waals surface area (Å²) in [5, 5.41) is 0. The summed E-state index contributed by atoms with van der Waals surface area (Å²) in [7, 11) is 0. The van der Waals surface area contributed by atoms with Crippen LogP contribution >= 0.6 is 15.9 Å². The van der Waals surface area contributed by atoms with Crippen LogP contribution in [0, 0.1) is 5.82 Å². The summed E-state index contributed by atoms with van der Waals surface area (Å²) in [6.45, 7) is 0. The summed E-state index contributed by atoms with van der Waals surface area (Å²) in [4.78, 5) is 3.64. The van der Waals surface area contributed by atoms with Crippen LogP contribution in [0.25, 0.3) is 0 Å². The molecule has 2 nitrogen and oxygen atoms in total. The Morgan fingerprint density at radius 2 is 1.85 bits per heavy atom. The zero-order valence-corrected chi connectivity index (χ0v) is 11.5. The standard InChI is InChI=1S/C13H9BrF4N2/c14-7-1-2-11(15)8(5-7)12(19)9-6-20-4-3-10(9)13(16,17)18/h1-6,12H,19H2. The van der Waals surface area contributed by atoms with Crippen LogP contribution in [0.3, 0.4) is 0 Å². The minimum absolute atomic E-state index is 0.0297. The molecule has 1 unspecified atom stereocenters. The van der Waals surface area contributed by atoms with E-state index in [4.69, 9.17) is 5.73 Å². The third-order valence-electron chi connectivity index (χ3n) is 2.79. The molecule has 7 heteroatoms. The van der Waals surface area contributed by atoms with Crippen molar-refractivity contribution in [2.45, 2.75) is 12.2 Å². The molecule has 0 saturated carbocycles. The maximum atomic E-state index is 13.7. The first-order valence-corrected chi connectivity index (χ1v) is 6.31. The van der Waals surface area contributed by atoms with Crippen molar-refractivity contribution in [3.05, 3.63) is 63.6 Å². The third kappa shape index (κ3) is 2.99. The lowest BCUT2D eigenvalue weighted by molar-refractivity contribution is -0.138. The number of rotatable bonds is 2. The highest BCUT2D eigenvalue weighted by Gasteiger charge is 2.35. The van der Waals surface area contributed by atoms with Gasteiger partial charge in [0.05, 0.1) is 11.6 Å². The lowest BCUT2D eigenvalue weighted by Crippen LogP contribution is -2.19. The second-order valence-corrected chi connectivity index (χ2v) is 5.02. The second-order valence-electron chi connectivity index (χ2n) is 4.10. The van der Waals surface area contributed by atoms with Crippen LogP contribution in [0.4, 0.5) is 17.6 Å². The topological polar surface area (TPSA) is 38.9 Å². The van der Waals surface area contributed by atoms with E-state index >= 15 is 0 Å². The first kappa shape index (κ1) is 14.9. The van der Waals surface area contributed by atoms with Gasteiger partial charge in [-0.15, -0.1) is 0 Å². The number of nitrogens with zero attached hydrogens (tertiary/aromatic N) is 1. The Labute approximate surface area is 120 Å². The molecule has 0 spiro atoms. The van der Waals surface area contributed by atoms with Gasteiger partial charge < -0.3 is 5.73 Å². The zero-order valence-electron chi connectivity index (χ0n) is 9.96. The molecule has 0 saturated heterocycles. The van der Waals surface area contributed by atoms with Gasteiger partial charge in [0.2, 0.25) is 0 Å². The van der Waals surface area contributed by atoms with Gasteiger partial charge in [0.1, 0.15) is 5.82 Å². The van der Waals surface area contributed by atoms with E-state index in [0.717, 1.165) is 24.5 Å². The van der Waals surface area contributed by atoms with Gasteiger partial charge in [-0.3, -0.25) is 4.98 Å². The maximum absolute atomic E-state index is 13.7. The first-order chi connectivity index (χ1) is 9.30. The van der Waals surface area contributed by atoms with Gasteiger partial charge >= 0.3 is 6.18 Å². The Morgan fingerprint density at radius 1 is 1.15 bits per heavy atom. The molecular formula is C13H9BrF4N2. The van der Waals surface area contributed by atoms with E-state index in [1.807, 2.05) is 0 Å². The largest absolute Gasteiger partial charge is 0.416 e. The van der Waals surface area contributed by atoms with Crippen molar-refractivity contribution in [2.75, 3.05) is 0 Å². The summed E-state index contributed by atoms with van der Waals surface area (Å²) in [5.74, 6) is -0.669. The van der Waals surface area contributed by atoms with E-state index in [1.165, 1.54) is 12.1 Å². The number of halogens is 5. The molecule has 1 atom stereocenters. The predicted octanol–water partition coefficient (Wildman–Crippen LogP) is 4.05. The molecule has 2 rings (SSSR count). The Balaban J connectivity index is 2.54. The monoisotopic (exact) mass is 348 g/mol. The fraction of sp³-hybridized carbons (Fsp3) is 0.154. The number of alkyl halides is 3. The average molecular weight is 349 g/mol. The van der Waals surface area contributed by atoms with Gasteiger partial charge in [-0.25, -0.2) is 4.39 Å². The Hall–Kier alpha value is -1.47. The van der Waals surface area contributed by atoms with Gasteiger partial charge in [-0.05, 0) is 24.3 Å². The summed E-state index contributed by atoms with van der Waals surface area (Å²) in [5.41, 5.74) is 4.57. The lowest BCUT2D eigenvalue weighted by atomic mass is 9.96. The number of nitrogens with two attached hydrogens (primary N) is 1. The molecule has 1 heterocycles. The Kier molecular flexibility index (Phi) is 4.10. The number of aromatic nitrogens is 1. The maximum Gasteiger partial charge on any atom is 0.416 e. The van der Waals surface area contributed by atoms with Crippen LogP contribution in [0.5, 0.6) is 0 Å². The molecule has 0 amide bonds. The van der Waals surface area contributed by atoms with Gasteiger partial charge in [-0.2, -0.15) is 13.2 Å². The van der Waals surface area contributed by atoms with Crippen molar-refractivity contribution >= 4 is 15.9 Å². The summed E-state index contributed by atoms with van der Waals surface area (Å²) in [6.07, 6.45) is -2.54. The van der Waals surface area contributed by atoms with Crippen LogP contribution < -0.4 is 5.73 Å². The quantitative estimate of drug-likeness (QED) is 0.831. The zero-order chi connectivity index (χ0) is 14.9. The SMILES string of the molecule is NC(c1cc(Br)ccc1F)c1cnccc1C(F)(F)F. The lowest BCUT2D eigenvalue weighted by Gasteiger charge is -2.18. The van der Waals surface area contributed by atoms with E-state index in [1.54, 1.807) is 0 Å². The van der Waals surface area contributed by atoms with Gasteiger partial charge in [0.25, 0.3) is 0 Å². The first-order valence-electron chi connectivity index (χ1n) is 5.52. The third-order valence-corrected chi connectivity index (χ3v) is 3.28. The molecule has 0 fully saturated rings. The van der Waals surface area contributed by atoms with Crippen molar-refractivity contribution in [2.24, 2.45) is 5.73 Å². The molecule has 2 aromatic rings. The Morgan fingerprint density at radius 3 is 2.50 bits per heavy atom. The number of pyridine rings is 1. The van der Waals surface area contributed by atoms with Crippen molar-refractivity contribution < 1.29 is 17.6 Å². The average Bonchev–Trinajstić information content (AvgIpc) is 2.40. The Bertz CT molecular complexity index is 628. The minimum atomic E-state index is -4.57. The van der Waals surface area contributed by atoms with Crippen LogP contribution in [0.1, 0.15) is 22.7 Å². The second kappa shape index (κ2) is 5.49. The van der Waals surface area contributed by atoms with E-state index in [2.05, 4.69) is 20.9 Å². The fourth-order valence-corrected chi connectivity index (χ4v) is 2.21. The molecule has 1 aromatic heterocycles. The molecule has 0 aliphatic carbocycles. The van der Waals surface area contributed by atoms with Gasteiger partial charge in [0, 0.05) is 28.0 Å². The van der Waals surface area contributed by atoms with Crippen molar-refractivity contribution in [3.8, 4) is 0 Å². The summed E-state index contributed by atoms with van der Waals surface area (Å²) in [6, 6.07) is 3.51. The van der Waals surface area contributed by atoms with Crippen LogP contribution in [0.15, 0.2) is 41.1 Å². The van der Waals surface area contributed by atoms with Crippen molar-refractivity contribution in [1.82, 2.24) is 4.98 Å². The highest BCUT2D eigenvalue weighted by atomic mass is 79.9. The minimum Gasteiger partial charge on any atom is -0.320 e. The molecule has 0 aliphatic rings. The predicted molar refractivity (Wildman–Crippen MR) is 69.4 cm³/mol. The van der Waals surface area contributed by atoms with Crippen LogP contribution in [0.2, 0.25) is 0 Å². The summed E-state index contributed by atoms with van der Waals surface area (Å²) >= 11 is 3.14. The highest BCUT2D eigenvalue weighted by molar-refractivity contribution is 9.10. The van der Waals surface area contributed by atoms with E-state index in [9.17, 15) is 17.6 Å². The molecule has 0 bridgehead atoms. The number of hydrogen-bond donors (Lipinski definition) is 1. The smallest absolute Gasteiger partial charge is 0.320 e. The molecule has 1 aromatic carbocycles. The van der Waals surface area contributed by atoms with Crippen molar-refractivity contribution in [1.29, 1.82) is 0 Å². The number of benzene rings is 1. The van der Waals surface area contributed by atoms with E-state index in [-0.39, 0.29) is 11.1 Å². The molecule has 0 radical (unpaired) electrons. The fourth-order valence-electron chi connectivity index (χ4n) is 1.83. The normalized spacial score (nSPS) is 13.3. The molecule has 2 N–H and O–H groups in total. The van der Waals surface area contributed by atoms with E-state index < -0.39 is 23.6 Å². The summed E-state index contributed by atoms with van der Waals surface area (Å²) < 4.78 is 53.0. The van der Waals surface area contributed by atoms with E-state index in [0.29, 0.717) is 4.47 Å². The van der Waals surface area contributed by atoms with Gasteiger partial charge in [-0.1, -0.05) is 15.9 Å². The molecule has 20 heavy (non-hydrogen) atoms.